The highest BCUT2D eigenvalue weighted by atomic mass is 35.5. The van der Waals surface area contributed by atoms with Gasteiger partial charge in [0.25, 0.3) is 0 Å². The molecule has 2 N–H and O–H groups in total. The van der Waals surface area contributed by atoms with Crippen molar-refractivity contribution < 1.29 is 18.0 Å². The van der Waals surface area contributed by atoms with Crippen LogP contribution in [0.15, 0.2) is 24.3 Å². The number of alkyl halides is 3. The van der Waals surface area contributed by atoms with E-state index < -0.39 is 17.6 Å². The predicted octanol–water partition coefficient (Wildman–Crippen LogP) is 2.16. The van der Waals surface area contributed by atoms with Gasteiger partial charge >= 0.3 is 6.18 Å². The largest absolute Gasteiger partial charge is 0.416 e. The third-order valence-corrected chi connectivity index (χ3v) is 1.66. The van der Waals surface area contributed by atoms with Gasteiger partial charge in [0.2, 0.25) is 5.91 Å². The first-order valence-electron chi connectivity index (χ1n) is 3.84. The van der Waals surface area contributed by atoms with Crippen LogP contribution in [0, 0.1) is 0 Å². The molecule has 0 radical (unpaired) electrons. The van der Waals surface area contributed by atoms with Crippen LogP contribution in [0.25, 0.3) is 0 Å². The fraction of sp³-hybridized carbons (Fsp3) is 0.222. The highest BCUT2D eigenvalue weighted by molar-refractivity contribution is 5.85. The first-order valence-corrected chi connectivity index (χ1v) is 3.84. The summed E-state index contributed by atoms with van der Waals surface area (Å²) in [6, 6.07) is 4.34. The lowest BCUT2D eigenvalue weighted by molar-refractivity contribution is -0.137. The Labute approximate surface area is 90.7 Å². The molecular weight excluding hydrogens is 231 g/mol. The van der Waals surface area contributed by atoms with Gasteiger partial charge in [-0.15, -0.1) is 12.4 Å². The third kappa shape index (κ3) is 4.20. The van der Waals surface area contributed by atoms with E-state index in [0.29, 0.717) is 5.56 Å². The van der Waals surface area contributed by atoms with Crippen molar-refractivity contribution in [1.29, 1.82) is 0 Å². The van der Waals surface area contributed by atoms with Crippen molar-refractivity contribution in [2.45, 2.75) is 12.6 Å². The van der Waals surface area contributed by atoms with Gasteiger partial charge in [0.05, 0.1) is 12.0 Å². The van der Waals surface area contributed by atoms with E-state index >= 15 is 0 Å². The number of amides is 1. The Balaban J connectivity index is 0.00000196. The molecule has 0 atom stereocenters. The van der Waals surface area contributed by atoms with Gasteiger partial charge in [-0.2, -0.15) is 13.2 Å². The van der Waals surface area contributed by atoms with Crippen molar-refractivity contribution >= 4 is 18.3 Å². The molecule has 0 saturated heterocycles. The van der Waals surface area contributed by atoms with Crippen molar-refractivity contribution in [3.05, 3.63) is 35.4 Å². The molecule has 0 aliphatic carbocycles. The number of hydrogen-bond donors (Lipinski definition) is 1. The molecule has 0 saturated carbocycles. The summed E-state index contributed by atoms with van der Waals surface area (Å²) >= 11 is 0. The average Bonchev–Trinajstić information content (AvgIpc) is 2.02. The van der Waals surface area contributed by atoms with Crippen molar-refractivity contribution in [1.82, 2.24) is 0 Å². The fourth-order valence-corrected chi connectivity index (χ4v) is 1.01. The third-order valence-electron chi connectivity index (χ3n) is 1.66. The Morgan fingerprint density at radius 2 is 1.67 bits per heavy atom. The van der Waals surface area contributed by atoms with Crippen LogP contribution in [0.5, 0.6) is 0 Å². The number of nitrogens with two attached hydrogens (primary N) is 1. The second-order valence-corrected chi connectivity index (χ2v) is 2.84. The normalized spacial score (nSPS) is 10.6. The van der Waals surface area contributed by atoms with E-state index in [1.807, 2.05) is 0 Å². The maximum Gasteiger partial charge on any atom is 0.416 e. The van der Waals surface area contributed by atoms with Gasteiger partial charge < -0.3 is 5.73 Å². The number of carbonyl (C=O) groups is 1. The van der Waals surface area contributed by atoms with Crippen molar-refractivity contribution in [2.24, 2.45) is 5.73 Å². The average molecular weight is 240 g/mol. The number of hydrogen-bond acceptors (Lipinski definition) is 1. The molecular formula is C9H9ClF3NO. The maximum absolute atomic E-state index is 12.1. The molecule has 0 aliphatic heterocycles. The van der Waals surface area contributed by atoms with Crippen LogP contribution < -0.4 is 5.73 Å². The highest BCUT2D eigenvalue weighted by Gasteiger charge is 2.29. The van der Waals surface area contributed by atoms with Crippen LogP contribution in [0.3, 0.4) is 0 Å². The molecule has 1 rings (SSSR count). The number of halogens is 4. The predicted molar refractivity (Wildman–Crippen MR) is 51.6 cm³/mol. The molecule has 0 bridgehead atoms. The van der Waals surface area contributed by atoms with Gasteiger partial charge in [-0.1, -0.05) is 12.1 Å². The lowest BCUT2D eigenvalue weighted by atomic mass is 10.1. The summed E-state index contributed by atoms with van der Waals surface area (Å²) in [5.74, 6) is -0.565. The second-order valence-electron chi connectivity index (χ2n) is 2.84. The Morgan fingerprint density at radius 3 is 2.00 bits per heavy atom. The molecule has 0 fully saturated rings. The quantitative estimate of drug-likeness (QED) is 0.844. The minimum Gasteiger partial charge on any atom is -0.369 e. The highest BCUT2D eigenvalue weighted by Crippen LogP contribution is 2.29. The molecule has 0 spiro atoms. The summed E-state index contributed by atoms with van der Waals surface area (Å²) in [4.78, 5) is 10.5. The number of rotatable bonds is 2. The minimum atomic E-state index is -4.34. The minimum absolute atomic E-state index is 0. The summed E-state index contributed by atoms with van der Waals surface area (Å²) in [5, 5.41) is 0. The van der Waals surface area contributed by atoms with E-state index in [4.69, 9.17) is 5.73 Å². The van der Waals surface area contributed by atoms with Gasteiger partial charge in [0.1, 0.15) is 0 Å². The van der Waals surface area contributed by atoms with Gasteiger partial charge in [-0.25, -0.2) is 0 Å². The molecule has 0 aromatic heterocycles. The van der Waals surface area contributed by atoms with E-state index in [2.05, 4.69) is 0 Å². The van der Waals surface area contributed by atoms with E-state index in [9.17, 15) is 18.0 Å². The summed E-state index contributed by atoms with van der Waals surface area (Å²) in [6.07, 6.45) is -4.39. The van der Waals surface area contributed by atoms with Crippen LogP contribution in [0.4, 0.5) is 13.2 Å². The molecule has 0 heterocycles. The van der Waals surface area contributed by atoms with Gasteiger partial charge in [0.15, 0.2) is 0 Å². The Bertz CT molecular complexity index is 334. The molecule has 6 heteroatoms. The zero-order valence-corrected chi connectivity index (χ0v) is 8.36. The monoisotopic (exact) mass is 239 g/mol. The molecule has 2 nitrogen and oxygen atoms in total. The smallest absolute Gasteiger partial charge is 0.369 e. The maximum atomic E-state index is 12.1. The number of benzene rings is 1. The number of primary amides is 1. The number of carbonyl (C=O) groups excluding carboxylic acids is 1. The summed E-state index contributed by atoms with van der Waals surface area (Å²) < 4.78 is 36.3. The molecule has 84 valence electrons. The van der Waals surface area contributed by atoms with E-state index in [1.54, 1.807) is 0 Å². The zero-order valence-electron chi connectivity index (χ0n) is 7.54. The summed E-state index contributed by atoms with van der Waals surface area (Å²) in [7, 11) is 0. The van der Waals surface area contributed by atoms with Crippen LogP contribution >= 0.6 is 12.4 Å². The lowest BCUT2D eigenvalue weighted by Crippen LogP contribution is -2.13. The SMILES string of the molecule is Cl.NC(=O)Cc1ccc(C(F)(F)F)cc1. The van der Waals surface area contributed by atoms with Crippen LogP contribution in [-0.2, 0) is 17.4 Å². The lowest BCUT2D eigenvalue weighted by Gasteiger charge is -2.06. The Kier molecular flexibility index (Phi) is 4.61. The Hall–Kier alpha value is -1.23. The zero-order chi connectivity index (χ0) is 10.8. The van der Waals surface area contributed by atoms with Crippen LogP contribution in [0.1, 0.15) is 11.1 Å². The molecule has 0 aliphatic rings. The van der Waals surface area contributed by atoms with Gasteiger partial charge in [0, 0.05) is 0 Å². The summed E-state index contributed by atoms with van der Waals surface area (Å²) in [5.41, 5.74) is 4.63. The Morgan fingerprint density at radius 1 is 1.20 bits per heavy atom. The molecule has 1 aromatic carbocycles. The molecule has 15 heavy (non-hydrogen) atoms. The van der Waals surface area contributed by atoms with Crippen LogP contribution in [-0.4, -0.2) is 5.91 Å². The van der Waals surface area contributed by atoms with Crippen LogP contribution in [0.2, 0.25) is 0 Å². The standard InChI is InChI=1S/C9H8F3NO.ClH/c10-9(11,12)7-3-1-6(2-4-7)5-8(13)14;/h1-4H,5H2,(H2,13,14);1H. The van der Waals surface area contributed by atoms with Gasteiger partial charge in [-0.05, 0) is 17.7 Å². The topological polar surface area (TPSA) is 43.1 Å². The summed E-state index contributed by atoms with van der Waals surface area (Å²) in [6.45, 7) is 0. The van der Waals surface area contributed by atoms with Crippen molar-refractivity contribution in [3.63, 3.8) is 0 Å². The first kappa shape index (κ1) is 13.8. The van der Waals surface area contributed by atoms with Crippen molar-refractivity contribution in [3.8, 4) is 0 Å². The van der Waals surface area contributed by atoms with E-state index in [0.717, 1.165) is 12.1 Å². The molecule has 1 amide bonds. The fourth-order valence-electron chi connectivity index (χ4n) is 1.01. The van der Waals surface area contributed by atoms with Crippen molar-refractivity contribution in [2.75, 3.05) is 0 Å². The first-order chi connectivity index (χ1) is 6.39. The second kappa shape index (κ2) is 5.02. The van der Waals surface area contributed by atoms with Gasteiger partial charge in [-0.3, -0.25) is 4.79 Å². The molecule has 0 unspecified atom stereocenters. The van der Waals surface area contributed by atoms with E-state index in [-0.39, 0.29) is 18.8 Å². The van der Waals surface area contributed by atoms with E-state index in [1.165, 1.54) is 12.1 Å². The molecule has 1 aromatic rings.